The van der Waals surface area contributed by atoms with Gasteiger partial charge in [0.1, 0.15) is 17.4 Å². The zero-order valence-electron chi connectivity index (χ0n) is 6.45. The first-order chi connectivity index (χ1) is 6.13. The molecule has 0 aliphatic heterocycles. The second-order valence-electron chi connectivity index (χ2n) is 2.18. The second-order valence-corrected chi connectivity index (χ2v) is 2.96. The Morgan fingerprint density at radius 2 is 2.38 bits per heavy atom. The topological polar surface area (TPSA) is 80.0 Å². The highest BCUT2D eigenvalue weighted by molar-refractivity contribution is 9.10. The van der Waals surface area contributed by atoms with Crippen LogP contribution in [-0.2, 0) is 4.79 Å². The molecule has 4 nitrogen and oxygen atoms in total. The third-order valence-corrected chi connectivity index (χ3v) is 1.69. The van der Waals surface area contributed by atoms with Crippen LogP contribution in [0.5, 0.6) is 0 Å². The molecule has 0 fully saturated rings. The van der Waals surface area contributed by atoms with E-state index in [0.717, 1.165) is 0 Å². The number of nitrogens with zero attached hydrogens (tertiary/aromatic N) is 1. The van der Waals surface area contributed by atoms with Crippen molar-refractivity contribution in [2.45, 2.75) is 0 Å². The van der Waals surface area contributed by atoms with Gasteiger partial charge in [0.25, 0.3) is 5.91 Å². The maximum absolute atomic E-state index is 10.6. The minimum Gasteiger partial charge on any atom is -0.450 e. The Morgan fingerprint density at radius 1 is 1.69 bits per heavy atom. The molecule has 0 aromatic carbocycles. The number of rotatable bonds is 2. The average Bonchev–Trinajstić information content (AvgIpc) is 2.46. The number of furan rings is 1. The van der Waals surface area contributed by atoms with Crippen molar-refractivity contribution >= 4 is 27.9 Å². The van der Waals surface area contributed by atoms with Crippen molar-refractivity contribution in [1.82, 2.24) is 0 Å². The number of nitrogens with two attached hydrogens (primary N) is 1. The number of hydrogen-bond acceptors (Lipinski definition) is 3. The van der Waals surface area contributed by atoms with Gasteiger partial charge in [-0.3, -0.25) is 4.79 Å². The average molecular weight is 241 g/mol. The van der Waals surface area contributed by atoms with E-state index in [1.54, 1.807) is 18.2 Å². The summed E-state index contributed by atoms with van der Waals surface area (Å²) in [5.41, 5.74) is 4.78. The maximum Gasteiger partial charge on any atom is 0.259 e. The first-order valence-electron chi connectivity index (χ1n) is 3.30. The van der Waals surface area contributed by atoms with Gasteiger partial charge in [0.15, 0.2) is 4.67 Å². The van der Waals surface area contributed by atoms with Crippen LogP contribution in [0.25, 0.3) is 6.08 Å². The van der Waals surface area contributed by atoms with Crippen LogP contribution in [0.1, 0.15) is 5.76 Å². The van der Waals surface area contributed by atoms with Gasteiger partial charge in [-0.1, -0.05) is 0 Å². The zero-order chi connectivity index (χ0) is 9.84. The summed E-state index contributed by atoms with van der Waals surface area (Å²) in [4.78, 5) is 10.6. The van der Waals surface area contributed by atoms with E-state index in [-0.39, 0.29) is 5.57 Å². The van der Waals surface area contributed by atoms with Gasteiger partial charge in [-0.25, -0.2) is 0 Å². The van der Waals surface area contributed by atoms with Crippen LogP contribution < -0.4 is 5.73 Å². The quantitative estimate of drug-likeness (QED) is 0.628. The predicted octanol–water partition coefficient (Wildman–Crippen LogP) is 1.43. The highest BCUT2D eigenvalue weighted by Crippen LogP contribution is 2.16. The molecule has 1 heterocycles. The van der Waals surface area contributed by atoms with Crippen molar-refractivity contribution in [3.8, 4) is 6.07 Å². The van der Waals surface area contributed by atoms with E-state index in [2.05, 4.69) is 15.9 Å². The molecule has 0 bridgehead atoms. The molecule has 0 aliphatic rings. The SMILES string of the molecule is N#C/C(=C/c1ccc(Br)o1)C(N)=O. The third-order valence-electron chi connectivity index (χ3n) is 1.27. The molecule has 1 amide bonds. The largest absolute Gasteiger partial charge is 0.450 e. The van der Waals surface area contributed by atoms with Crippen molar-refractivity contribution in [2.24, 2.45) is 5.73 Å². The van der Waals surface area contributed by atoms with Gasteiger partial charge in [0.2, 0.25) is 0 Å². The molecule has 0 spiro atoms. The van der Waals surface area contributed by atoms with E-state index in [4.69, 9.17) is 15.4 Å². The van der Waals surface area contributed by atoms with Crippen LogP contribution in [-0.4, -0.2) is 5.91 Å². The summed E-state index contributed by atoms with van der Waals surface area (Å²) in [6.07, 6.45) is 1.28. The molecule has 1 rings (SSSR count). The number of nitriles is 1. The molecule has 0 atom stereocenters. The van der Waals surface area contributed by atoms with Gasteiger partial charge in [-0.15, -0.1) is 0 Å². The lowest BCUT2D eigenvalue weighted by Gasteiger charge is -1.88. The van der Waals surface area contributed by atoms with E-state index in [1.807, 2.05) is 0 Å². The van der Waals surface area contributed by atoms with E-state index in [0.29, 0.717) is 10.4 Å². The second kappa shape index (κ2) is 3.92. The van der Waals surface area contributed by atoms with Gasteiger partial charge < -0.3 is 10.2 Å². The minimum atomic E-state index is -0.768. The Labute approximate surface area is 82.8 Å². The molecular formula is C8H5BrN2O2. The summed E-state index contributed by atoms with van der Waals surface area (Å²) in [6, 6.07) is 4.94. The summed E-state index contributed by atoms with van der Waals surface area (Å²) in [5.74, 6) is -0.364. The standard InChI is InChI=1S/C8H5BrN2O2/c9-7-2-1-6(13-7)3-5(4-10)8(11)12/h1-3H,(H2,11,12)/b5-3-. The van der Waals surface area contributed by atoms with Gasteiger partial charge in [0, 0.05) is 6.08 Å². The van der Waals surface area contributed by atoms with Crippen LogP contribution in [0, 0.1) is 11.3 Å². The molecule has 0 aliphatic carbocycles. The maximum atomic E-state index is 10.6. The smallest absolute Gasteiger partial charge is 0.259 e. The Hall–Kier alpha value is -1.54. The molecular weight excluding hydrogens is 236 g/mol. The number of carbonyl (C=O) groups is 1. The van der Waals surface area contributed by atoms with Crippen molar-refractivity contribution in [3.05, 3.63) is 28.1 Å². The third kappa shape index (κ3) is 2.46. The van der Waals surface area contributed by atoms with Gasteiger partial charge >= 0.3 is 0 Å². The lowest BCUT2D eigenvalue weighted by Crippen LogP contribution is -2.12. The summed E-state index contributed by atoms with van der Waals surface area (Å²) in [7, 11) is 0. The molecule has 2 N–H and O–H groups in total. The van der Waals surface area contributed by atoms with Crippen LogP contribution in [0.2, 0.25) is 0 Å². The molecule has 0 unspecified atom stereocenters. The van der Waals surface area contributed by atoms with Crippen LogP contribution >= 0.6 is 15.9 Å². The molecule has 5 heteroatoms. The summed E-state index contributed by atoms with van der Waals surface area (Å²) in [6.45, 7) is 0. The summed E-state index contributed by atoms with van der Waals surface area (Å²) < 4.78 is 5.58. The first-order valence-corrected chi connectivity index (χ1v) is 4.09. The van der Waals surface area contributed by atoms with E-state index < -0.39 is 5.91 Å². The number of hydrogen-bond donors (Lipinski definition) is 1. The number of carbonyl (C=O) groups excluding carboxylic acids is 1. The highest BCUT2D eigenvalue weighted by atomic mass is 79.9. The normalized spacial score (nSPS) is 10.9. The fourth-order valence-corrected chi connectivity index (χ4v) is 1.03. The summed E-state index contributed by atoms with van der Waals surface area (Å²) in [5, 5.41) is 8.49. The number of halogens is 1. The van der Waals surface area contributed by atoms with E-state index in [1.165, 1.54) is 6.08 Å². The highest BCUT2D eigenvalue weighted by Gasteiger charge is 2.04. The Bertz CT molecular complexity index is 401. The van der Waals surface area contributed by atoms with Crippen molar-refractivity contribution in [3.63, 3.8) is 0 Å². The number of amides is 1. The van der Waals surface area contributed by atoms with E-state index >= 15 is 0 Å². The molecule has 66 valence electrons. The van der Waals surface area contributed by atoms with Gasteiger partial charge in [-0.2, -0.15) is 5.26 Å². The van der Waals surface area contributed by atoms with Crippen LogP contribution in [0.4, 0.5) is 0 Å². The lowest BCUT2D eigenvalue weighted by molar-refractivity contribution is -0.114. The molecule has 1 aromatic heterocycles. The fraction of sp³-hybridized carbons (Fsp3) is 0. The molecule has 0 saturated carbocycles. The molecule has 1 aromatic rings. The van der Waals surface area contributed by atoms with Crippen molar-refractivity contribution in [2.75, 3.05) is 0 Å². The van der Waals surface area contributed by atoms with E-state index in [9.17, 15) is 4.79 Å². The number of primary amides is 1. The van der Waals surface area contributed by atoms with Crippen LogP contribution in [0.3, 0.4) is 0 Å². The van der Waals surface area contributed by atoms with Crippen molar-refractivity contribution in [1.29, 1.82) is 5.26 Å². The zero-order valence-corrected chi connectivity index (χ0v) is 8.04. The summed E-state index contributed by atoms with van der Waals surface area (Å²) >= 11 is 3.09. The monoisotopic (exact) mass is 240 g/mol. The molecule has 13 heavy (non-hydrogen) atoms. The van der Waals surface area contributed by atoms with Gasteiger partial charge in [0.05, 0.1) is 0 Å². The predicted molar refractivity (Wildman–Crippen MR) is 49.2 cm³/mol. The fourth-order valence-electron chi connectivity index (χ4n) is 0.707. The molecule has 0 radical (unpaired) electrons. The molecule has 0 saturated heterocycles. The Balaban J connectivity index is 3.00. The Kier molecular flexibility index (Phi) is 2.88. The Morgan fingerprint density at radius 3 is 2.77 bits per heavy atom. The van der Waals surface area contributed by atoms with Crippen molar-refractivity contribution < 1.29 is 9.21 Å². The lowest BCUT2D eigenvalue weighted by atomic mass is 10.2. The van der Waals surface area contributed by atoms with Gasteiger partial charge in [-0.05, 0) is 28.1 Å². The first kappa shape index (κ1) is 9.55. The van der Waals surface area contributed by atoms with Crippen LogP contribution in [0.15, 0.2) is 26.8 Å². The minimum absolute atomic E-state index is 0.137.